The number of aliphatic hydroxyl groups is 2. The molecule has 4 aliphatic rings. The van der Waals surface area contributed by atoms with E-state index in [0.29, 0.717) is 23.6 Å². The SMILES string of the molecule is CCN(CC)C(=S)SCC(=O)C1(O)CCC2C3CCC4=CC(=O)CCC4(C)C3C(O)CC21C. The number of hydrogen-bond acceptors (Lipinski definition) is 6. The van der Waals surface area contributed by atoms with Gasteiger partial charge in [0.1, 0.15) is 9.92 Å². The van der Waals surface area contributed by atoms with Crippen LogP contribution in [-0.4, -0.2) is 61.5 Å². The van der Waals surface area contributed by atoms with Gasteiger partial charge in [0, 0.05) is 24.9 Å². The third-order valence-electron chi connectivity index (χ3n) is 9.86. The fraction of sp³-hybridized carbons (Fsp3) is 0.808. The van der Waals surface area contributed by atoms with Crippen LogP contribution in [0.3, 0.4) is 0 Å². The number of rotatable bonds is 5. The molecule has 0 aromatic carbocycles. The Hall–Kier alpha value is -0.760. The van der Waals surface area contributed by atoms with Crippen LogP contribution >= 0.6 is 24.0 Å². The molecule has 0 aliphatic heterocycles. The molecule has 7 heteroatoms. The summed E-state index contributed by atoms with van der Waals surface area (Å²) in [5, 5.41) is 23.3. The van der Waals surface area contributed by atoms with Gasteiger partial charge in [-0.25, -0.2) is 0 Å². The predicted octanol–water partition coefficient (Wildman–Crippen LogP) is 4.15. The number of thioether (sulfide) groups is 1. The average molecular weight is 494 g/mol. The minimum absolute atomic E-state index is 0.0887. The number of hydrogen-bond donors (Lipinski definition) is 2. The van der Waals surface area contributed by atoms with E-state index in [4.69, 9.17) is 12.2 Å². The number of aliphatic hydroxyl groups excluding tert-OH is 1. The molecule has 0 heterocycles. The van der Waals surface area contributed by atoms with Crippen molar-refractivity contribution in [3.63, 3.8) is 0 Å². The van der Waals surface area contributed by atoms with Gasteiger partial charge in [-0.3, -0.25) is 9.59 Å². The van der Waals surface area contributed by atoms with Gasteiger partial charge < -0.3 is 15.1 Å². The fourth-order valence-electron chi connectivity index (χ4n) is 7.97. The largest absolute Gasteiger partial charge is 0.393 e. The first-order valence-electron chi connectivity index (χ1n) is 12.6. The van der Waals surface area contributed by atoms with Gasteiger partial charge in [0.05, 0.1) is 11.9 Å². The highest BCUT2D eigenvalue weighted by Crippen LogP contribution is 2.67. The summed E-state index contributed by atoms with van der Waals surface area (Å²) in [5.74, 6) is 0.785. The summed E-state index contributed by atoms with van der Waals surface area (Å²) in [7, 11) is 0. The second-order valence-corrected chi connectivity index (χ2v) is 12.7. The maximum Gasteiger partial charge on any atom is 0.175 e. The van der Waals surface area contributed by atoms with Crippen LogP contribution in [0.5, 0.6) is 0 Å². The first kappa shape index (κ1) is 25.3. The average Bonchev–Trinajstić information content (AvgIpc) is 3.04. The molecule has 0 saturated heterocycles. The summed E-state index contributed by atoms with van der Waals surface area (Å²) in [5.41, 5.74) is -1.01. The van der Waals surface area contributed by atoms with E-state index in [9.17, 15) is 19.8 Å². The lowest BCUT2D eigenvalue weighted by atomic mass is 9.45. The lowest BCUT2D eigenvalue weighted by molar-refractivity contribution is -0.178. The number of nitrogens with zero attached hydrogens (tertiary/aromatic N) is 1. The predicted molar refractivity (Wildman–Crippen MR) is 136 cm³/mol. The van der Waals surface area contributed by atoms with Crippen LogP contribution in [-0.2, 0) is 9.59 Å². The van der Waals surface area contributed by atoms with Crippen molar-refractivity contribution in [2.75, 3.05) is 18.8 Å². The third kappa shape index (κ3) is 3.85. The molecule has 7 unspecified atom stereocenters. The molecule has 3 saturated carbocycles. The van der Waals surface area contributed by atoms with Crippen molar-refractivity contribution in [2.45, 2.75) is 84.3 Å². The summed E-state index contributed by atoms with van der Waals surface area (Å²) in [6.07, 6.45) is 6.09. The van der Waals surface area contributed by atoms with Crippen molar-refractivity contribution in [1.29, 1.82) is 0 Å². The van der Waals surface area contributed by atoms with E-state index in [0.717, 1.165) is 38.8 Å². The van der Waals surface area contributed by atoms with Crippen molar-refractivity contribution in [1.82, 2.24) is 4.90 Å². The maximum atomic E-state index is 13.4. The molecule has 4 rings (SSSR count). The molecule has 0 aromatic heterocycles. The van der Waals surface area contributed by atoms with Gasteiger partial charge in [0.25, 0.3) is 0 Å². The van der Waals surface area contributed by atoms with Crippen LogP contribution in [0.4, 0.5) is 0 Å². The summed E-state index contributed by atoms with van der Waals surface area (Å²) in [6.45, 7) is 9.95. The van der Waals surface area contributed by atoms with E-state index in [1.165, 1.54) is 17.3 Å². The van der Waals surface area contributed by atoms with Crippen LogP contribution in [0.25, 0.3) is 0 Å². The third-order valence-corrected chi connectivity index (χ3v) is 11.4. The van der Waals surface area contributed by atoms with Gasteiger partial charge in [-0.2, -0.15) is 0 Å². The Morgan fingerprint density at radius 2 is 1.91 bits per heavy atom. The minimum atomic E-state index is -1.42. The van der Waals surface area contributed by atoms with Crippen LogP contribution < -0.4 is 0 Å². The van der Waals surface area contributed by atoms with Gasteiger partial charge in [-0.15, -0.1) is 0 Å². The zero-order valence-corrected chi connectivity index (χ0v) is 22.1. The molecule has 33 heavy (non-hydrogen) atoms. The highest BCUT2D eigenvalue weighted by molar-refractivity contribution is 8.23. The van der Waals surface area contributed by atoms with E-state index >= 15 is 0 Å². The Morgan fingerprint density at radius 3 is 2.58 bits per heavy atom. The number of fused-ring (bicyclic) bond motifs is 5. The number of thiocarbonyl (C=S) groups is 1. The zero-order chi connectivity index (χ0) is 24.2. The molecule has 4 aliphatic carbocycles. The molecule has 7 atom stereocenters. The minimum Gasteiger partial charge on any atom is -0.393 e. The molecular weight excluding hydrogens is 454 g/mol. The first-order chi connectivity index (χ1) is 15.5. The van der Waals surface area contributed by atoms with Gasteiger partial charge in [-0.05, 0) is 81.6 Å². The van der Waals surface area contributed by atoms with E-state index in [1.54, 1.807) is 0 Å². The number of carbonyl (C=O) groups excluding carboxylic acids is 2. The Kier molecular flexibility index (Phi) is 6.93. The van der Waals surface area contributed by atoms with Gasteiger partial charge >= 0.3 is 0 Å². The quantitative estimate of drug-likeness (QED) is 0.557. The summed E-state index contributed by atoms with van der Waals surface area (Å²) >= 11 is 6.85. The molecule has 0 amide bonds. The lowest BCUT2D eigenvalue weighted by Crippen LogP contribution is -2.62. The molecule has 0 spiro atoms. The standard InChI is InChI=1S/C26H39NO4S2/c1-5-27(6-2)23(32)33-15-21(30)26(31)12-10-19-18-8-7-16-13-17(28)9-11-24(16,3)22(18)20(29)14-25(19,26)4/h13,18-20,22,29,31H,5-12,14-15H2,1-4H3. The van der Waals surface area contributed by atoms with Crippen LogP contribution in [0.15, 0.2) is 11.6 Å². The summed E-state index contributed by atoms with van der Waals surface area (Å²) < 4.78 is 0.701. The number of carbonyl (C=O) groups is 2. The number of Topliss-reactive ketones (excluding diaryl/α,β-unsaturated/α-hetero) is 1. The normalized spacial score (nSPS) is 42.1. The molecule has 3 fully saturated rings. The van der Waals surface area contributed by atoms with Gasteiger partial charge in [-0.1, -0.05) is 43.4 Å². The topological polar surface area (TPSA) is 77.8 Å². The summed E-state index contributed by atoms with van der Waals surface area (Å²) in [6, 6.07) is 0. The second kappa shape index (κ2) is 9.03. The van der Waals surface area contributed by atoms with Crippen LogP contribution in [0.1, 0.15) is 72.6 Å². The van der Waals surface area contributed by atoms with Crippen molar-refractivity contribution >= 4 is 39.9 Å². The fourth-order valence-corrected chi connectivity index (χ4v) is 9.34. The van der Waals surface area contributed by atoms with E-state index in [2.05, 4.69) is 6.92 Å². The highest BCUT2D eigenvalue weighted by atomic mass is 32.2. The van der Waals surface area contributed by atoms with Crippen LogP contribution in [0, 0.1) is 28.6 Å². The Labute approximate surface area is 207 Å². The smallest absolute Gasteiger partial charge is 0.175 e. The molecule has 2 N–H and O–H groups in total. The molecular formula is C26H39NO4S2. The Balaban J connectivity index is 1.56. The number of allylic oxidation sites excluding steroid dienone is 1. The second-order valence-electron chi connectivity index (χ2n) is 11.1. The molecule has 0 aromatic rings. The van der Waals surface area contributed by atoms with E-state index in [-0.39, 0.29) is 40.5 Å². The molecule has 184 valence electrons. The molecule has 5 nitrogen and oxygen atoms in total. The van der Waals surface area contributed by atoms with Crippen molar-refractivity contribution in [3.8, 4) is 0 Å². The summed E-state index contributed by atoms with van der Waals surface area (Å²) in [4.78, 5) is 27.6. The zero-order valence-electron chi connectivity index (χ0n) is 20.4. The van der Waals surface area contributed by atoms with Gasteiger partial charge in [0.2, 0.25) is 0 Å². The van der Waals surface area contributed by atoms with E-state index < -0.39 is 17.1 Å². The lowest BCUT2D eigenvalue weighted by Gasteiger charge is -2.60. The Bertz CT molecular complexity index is 870. The van der Waals surface area contributed by atoms with Crippen molar-refractivity contribution in [3.05, 3.63) is 11.6 Å². The molecule has 0 bridgehead atoms. The van der Waals surface area contributed by atoms with Crippen molar-refractivity contribution < 1.29 is 19.8 Å². The molecule has 0 radical (unpaired) electrons. The first-order valence-corrected chi connectivity index (χ1v) is 14.0. The monoisotopic (exact) mass is 493 g/mol. The number of ketones is 2. The highest BCUT2D eigenvalue weighted by Gasteiger charge is 2.68. The van der Waals surface area contributed by atoms with Gasteiger partial charge in [0.15, 0.2) is 11.6 Å². The maximum absolute atomic E-state index is 13.4. The van der Waals surface area contributed by atoms with Crippen molar-refractivity contribution in [2.24, 2.45) is 28.6 Å². The van der Waals surface area contributed by atoms with E-state index in [1.807, 2.05) is 31.7 Å². The van der Waals surface area contributed by atoms with Crippen LogP contribution in [0.2, 0.25) is 0 Å². The Morgan fingerprint density at radius 1 is 1.21 bits per heavy atom.